The Hall–Kier alpha value is -5.02. The van der Waals surface area contributed by atoms with Gasteiger partial charge < -0.3 is 18.6 Å². The van der Waals surface area contributed by atoms with E-state index in [1.165, 1.54) is 25.5 Å². The number of nitriles is 1. The lowest BCUT2D eigenvalue weighted by Crippen LogP contribution is -2.05. The Kier molecular flexibility index (Phi) is 10.7. The molecule has 1 heterocycles. The van der Waals surface area contributed by atoms with Gasteiger partial charge in [0.05, 0.1) is 42.9 Å². The molecule has 0 radical (unpaired) electrons. The Morgan fingerprint density at radius 1 is 0.636 bits per heavy atom. The third kappa shape index (κ3) is 8.08. The highest BCUT2D eigenvalue weighted by Crippen LogP contribution is 2.25. The van der Waals surface area contributed by atoms with Crippen LogP contribution in [-0.2, 0) is 0 Å². The lowest BCUT2D eigenvalue weighted by Gasteiger charge is -2.09. The van der Waals surface area contributed by atoms with Crippen molar-refractivity contribution in [3.8, 4) is 45.6 Å². The van der Waals surface area contributed by atoms with Crippen LogP contribution in [0.1, 0.15) is 50.5 Å². The molecule has 0 spiro atoms. The number of fused-ring (bicyclic) bond motifs is 1. The minimum Gasteiger partial charge on any atom is -0.497 e. The average molecular weight is 588 g/mol. The number of ether oxygens (including phenoxy) is 3. The molecule has 0 aliphatic carbocycles. The van der Waals surface area contributed by atoms with Gasteiger partial charge in [-0.05, 0) is 78.1 Å². The maximum atomic E-state index is 13.0. The van der Waals surface area contributed by atoms with E-state index >= 15 is 0 Å². The summed E-state index contributed by atoms with van der Waals surface area (Å²) in [5.74, 6) is 2.33. The van der Waals surface area contributed by atoms with Gasteiger partial charge in [-0.3, -0.25) is 4.79 Å². The van der Waals surface area contributed by atoms with Gasteiger partial charge >= 0.3 is 0 Å². The van der Waals surface area contributed by atoms with E-state index < -0.39 is 0 Å². The van der Waals surface area contributed by atoms with Crippen LogP contribution in [0.2, 0.25) is 0 Å². The summed E-state index contributed by atoms with van der Waals surface area (Å²) in [7, 11) is 1.61. The highest BCUT2D eigenvalue weighted by atomic mass is 16.5. The maximum Gasteiger partial charge on any atom is 0.200 e. The Balaban J connectivity index is 0.941. The van der Waals surface area contributed by atoms with Crippen molar-refractivity contribution in [1.82, 2.24) is 0 Å². The van der Waals surface area contributed by atoms with Crippen molar-refractivity contribution in [1.29, 1.82) is 5.26 Å². The van der Waals surface area contributed by atoms with Crippen LogP contribution in [-0.4, -0.2) is 20.3 Å². The summed E-state index contributed by atoms with van der Waals surface area (Å²) in [6.45, 7) is 1.36. The normalized spacial score (nSPS) is 10.8. The molecule has 1 aromatic heterocycles. The van der Waals surface area contributed by atoms with Gasteiger partial charge in [0.1, 0.15) is 29.1 Å². The van der Waals surface area contributed by atoms with E-state index in [4.69, 9.17) is 23.9 Å². The van der Waals surface area contributed by atoms with Crippen LogP contribution in [0.3, 0.4) is 0 Å². The predicted octanol–water partition coefficient (Wildman–Crippen LogP) is 9.20. The summed E-state index contributed by atoms with van der Waals surface area (Å²) in [4.78, 5) is 13.0. The van der Waals surface area contributed by atoms with E-state index in [1.54, 1.807) is 19.2 Å². The second kappa shape index (κ2) is 15.5. The van der Waals surface area contributed by atoms with Crippen LogP contribution in [0.25, 0.3) is 33.2 Å². The van der Waals surface area contributed by atoms with E-state index in [2.05, 4.69) is 18.2 Å². The van der Waals surface area contributed by atoms with Crippen LogP contribution < -0.4 is 19.6 Å². The van der Waals surface area contributed by atoms with Crippen LogP contribution in [0.4, 0.5) is 0 Å². The molecule has 0 aliphatic heterocycles. The largest absolute Gasteiger partial charge is 0.497 e. The van der Waals surface area contributed by atoms with Crippen molar-refractivity contribution in [3.05, 3.63) is 113 Å². The van der Waals surface area contributed by atoms with E-state index in [0.29, 0.717) is 34.5 Å². The smallest absolute Gasteiger partial charge is 0.200 e. The summed E-state index contributed by atoms with van der Waals surface area (Å²) < 4.78 is 22.8. The minimum atomic E-state index is -0.0655. The molecule has 0 fully saturated rings. The van der Waals surface area contributed by atoms with Crippen molar-refractivity contribution >= 4 is 11.0 Å². The molecular weight excluding hydrogens is 550 g/mol. The van der Waals surface area contributed by atoms with E-state index in [-0.39, 0.29) is 5.43 Å². The molecule has 0 atom stereocenters. The molecule has 0 aliphatic rings. The van der Waals surface area contributed by atoms with Gasteiger partial charge in [-0.25, -0.2) is 0 Å². The van der Waals surface area contributed by atoms with Crippen LogP contribution >= 0.6 is 0 Å². The third-order valence-corrected chi connectivity index (χ3v) is 7.67. The fourth-order valence-corrected chi connectivity index (χ4v) is 5.12. The second-order valence-electron chi connectivity index (χ2n) is 10.8. The monoisotopic (exact) mass is 587 g/mol. The summed E-state index contributed by atoms with van der Waals surface area (Å²) >= 11 is 0. The third-order valence-electron chi connectivity index (χ3n) is 7.67. The first-order chi connectivity index (χ1) is 21.6. The molecule has 0 N–H and O–H groups in total. The molecule has 0 saturated carbocycles. The fourth-order valence-electron chi connectivity index (χ4n) is 5.12. The number of benzene rings is 4. The molecule has 6 heteroatoms. The van der Waals surface area contributed by atoms with Crippen molar-refractivity contribution < 1.29 is 18.6 Å². The molecule has 0 unspecified atom stereocenters. The van der Waals surface area contributed by atoms with Gasteiger partial charge in [0.2, 0.25) is 0 Å². The summed E-state index contributed by atoms with van der Waals surface area (Å²) in [5.41, 5.74) is 4.63. The number of unbranched alkanes of at least 4 members (excludes halogenated alkanes) is 6. The molecule has 0 amide bonds. The van der Waals surface area contributed by atoms with Crippen LogP contribution in [0.5, 0.6) is 17.2 Å². The lowest BCUT2D eigenvalue weighted by molar-refractivity contribution is 0.299. The molecule has 224 valence electrons. The van der Waals surface area contributed by atoms with E-state index in [9.17, 15) is 4.79 Å². The first-order valence-electron chi connectivity index (χ1n) is 15.2. The van der Waals surface area contributed by atoms with Gasteiger partial charge in [-0.2, -0.15) is 5.26 Å². The van der Waals surface area contributed by atoms with Gasteiger partial charge in [-0.1, -0.05) is 68.5 Å². The number of hydrogen-bond donors (Lipinski definition) is 0. The first kappa shape index (κ1) is 30.4. The molecule has 5 aromatic rings. The van der Waals surface area contributed by atoms with Crippen molar-refractivity contribution in [2.75, 3.05) is 20.3 Å². The Labute approximate surface area is 258 Å². The second-order valence-corrected chi connectivity index (χ2v) is 10.8. The Morgan fingerprint density at radius 2 is 1.16 bits per heavy atom. The van der Waals surface area contributed by atoms with Crippen molar-refractivity contribution in [2.45, 2.75) is 44.9 Å². The topological polar surface area (TPSA) is 81.7 Å². The fraction of sp³-hybridized carbons (Fsp3) is 0.263. The quantitative estimate of drug-likeness (QED) is 0.114. The van der Waals surface area contributed by atoms with Gasteiger partial charge in [-0.15, -0.1) is 0 Å². The Bertz CT molecular complexity index is 1730. The number of hydrogen-bond acceptors (Lipinski definition) is 6. The van der Waals surface area contributed by atoms with Crippen molar-refractivity contribution in [2.24, 2.45) is 0 Å². The SMILES string of the molecule is COc1ccc(-c2coc3cc(OCCCCCCCCCOc4ccc(-c5ccc(C#N)cc5)cc4)ccc3c2=O)cc1. The van der Waals surface area contributed by atoms with Crippen LogP contribution in [0.15, 0.2) is 106 Å². The molecule has 5 rings (SSSR count). The zero-order valence-corrected chi connectivity index (χ0v) is 25.1. The zero-order chi connectivity index (χ0) is 30.6. The van der Waals surface area contributed by atoms with Gasteiger partial charge in [0.25, 0.3) is 0 Å². The van der Waals surface area contributed by atoms with Gasteiger partial charge in [0.15, 0.2) is 5.43 Å². The summed E-state index contributed by atoms with van der Waals surface area (Å²) in [6, 6.07) is 30.6. The molecule has 0 saturated heterocycles. The predicted molar refractivity (Wildman–Crippen MR) is 174 cm³/mol. The molecule has 44 heavy (non-hydrogen) atoms. The molecule has 6 nitrogen and oxygen atoms in total. The maximum absolute atomic E-state index is 13.0. The van der Waals surface area contributed by atoms with Crippen molar-refractivity contribution in [3.63, 3.8) is 0 Å². The van der Waals surface area contributed by atoms with Gasteiger partial charge in [0, 0.05) is 6.07 Å². The average Bonchev–Trinajstić information content (AvgIpc) is 3.08. The molecule has 4 aromatic carbocycles. The Morgan fingerprint density at radius 3 is 1.77 bits per heavy atom. The summed E-state index contributed by atoms with van der Waals surface area (Å²) in [6.07, 6.45) is 9.40. The standard InChI is InChI=1S/C38H37NO5/c1-41-32-17-15-31(16-18-32)36-27-44-37-25-34(21-22-35(37)38(36)40)43-24-8-6-4-2-3-5-7-23-42-33-19-13-30(14-20-33)29-11-9-28(26-39)10-12-29/h9-22,25,27H,2-8,23-24H2,1H3. The summed E-state index contributed by atoms with van der Waals surface area (Å²) in [5, 5.41) is 9.49. The number of rotatable bonds is 15. The minimum absolute atomic E-state index is 0.0655. The highest BCUT2D eigenvalue weighted by Gasteiger charge is 2.10. The molecule has 0 bridgehead atoms. The number of nitrogens with zero attached hydrogens (tertiary/aromatic N) is 1. The molecular formula is C38H37NO5. The lowest BCUT2D eigenvalue weighted by atomic mass is 10.0. The van der Waals surface area contributed by atoms with E-state index in [1.807, 2.05) is 66.7 Å². The van der Waals surface area contributed by atoms with Crippen LogP contribution in [0, 0.1) is 11.3 Å². The van der Waals surface area contributed by atoms with E-state index in [0.717, 1.165) is 60.5 Å². The first-order valence-corrected chi connectivity index (χ1v) is 15.2. The zero-order valence-electron chi connectivity index (χ0n) is 25.1. The highest BCUT2D eigenvalue weighted by molar-refractivity contribution is 5.82. The number of methoxy groups -OCH3 is 1.